The van der Waals surface area contributed by atoms with Crippen molar-refractivity contribution in [1.29, 1.82) is 0 Å². The van der Waals surface area contributed by atoms with Gasteiger partial charge in [-0.05, 0) is 31.2 Å². The van der Waals surface area contributed by atoms with Gasteiger partial charge in [0.05, 0.1) is 11.3 Å². The summed E-state index contributed by atoms with van der Waals surface area (Å²) in [7, 11) is 0. The second kappa shape index (κ2) is 3.81. The van der Waals surface area contributed by atoms with Gasteiger partial charge in [0.1, 0.15) is 0 Å². The maximum Gasteiger partial charge on any atom is 0.416 e. The van der Waals surface area contributed by atoms with Gasteiger partial charge in [-0.1, -0.05) is 0 Å². The van der Waals surface area contributed by atoms with Crippen LogP contribution in [0, 0.1) is 0 Å². The molecule has 0 aromatic heterocycles. The molecule has 0 N–H and O–H groups in total. The summed E-state index contributed by atoms with van der Waals surface area (Å²) in [4.78, 5) is 0. The normalized spacial score (nSPS) is 16.5. The molecule has 86 valence electrons. The predicted octanol–water partition coefficient (Wildman–Crippen LogP) is 3.29. The second-order valence-electron chi connectivity index (χ2n) is 3.75. The summed E-state index contributed by atoms with van der Waals surface area (Å²) in [5.41, 5.74) is 1.07. The van der Waals surface area contributed by atoms with E-state index in [1.54, 1.807) is 5.01 Å². The molecule has 0 spiro atoms. The van der Waals surface area contributed by atoms with Crippen LogP contribution in [0.2, 0.25) is 0 Å². The summed E-state index contributed by atoms with van der Waals surface area (Å²) in [5, 5.41) is 5.94. The quantitative estimate of drug-likeness (QED) is 0.720. The topological polar surface area (TPSA) is 15.6 Å². The fourth-order valence-electron chi connectivity index (χ4n) is 1.58. The van der Waals surface area contributed by atoms with Crippen molar-refractivity contribution in [3.05, 3.63) is 29.8 Å². The summed E-state index contributed by atoms with van der Waals surface area (Å²) in [6.07, 6.45) is -3.41. The molecule has 0 saturated heterocycles. The Labute approximate surface area is 91.4 Å². The third-order valence-electron chi connectivity index (χ3n) is 2.47. The van der Waals surface area contributed by atoms with Crippen molar-refractivity contribution in [3.63, 3.8) is 0 Å². The van der Waals surface area contributed by atoms with Gasteiger partial charge in [-0.2, -0.15) is 18.3 Å². The van der Waals surface area contributed by atoms with Gasteiger partial charge in [-0.15, -0.1) is 0 Å². The molecule has 1 aromatic carbocycles. The molecule has 0 atom stereocenters. The van der Waals surface area contributed by atoms with E-state index in [1.807, 2.05) is 6.92 Å². The molecule has 0 unspecified atom stereocenters. The molecule has 2 rings (SSSR count). The van der Waals surface area contributed by atoms with Gasteiger partial charge in [0.25, 0.3) is 0 Å². The highest BCUT2D eigenvalue weighted by molar-refractivity contribution is 5.85. The predicted molar refractivity (Wildman–Crippen MR) is 56.5 cm³/mol. The highest BCUT2D eigenvalue weighted by Gasteiger charge is 2.30. The van der Waals surface area contributed by atoms with Crippen molar-refractivity contribution in [2.75, 3.05) is 11.6 Å². The molecule has 0 saturated carbocycles. The van der Waals surface area contributed by atoms with Crippen molar-refractivity contribution in [1.82, 2.24) is 0 Å². The lowest BCUT2D eigenvalue weighted by Crippen LogP contribution is -2.12. The van der Waals surface area contributed by atoms with Gasteiger partial charge in [0, 0.05) is 18.7 Å². The third kappa shape index (κ3) is 2.18. The zero-order valence-electron chi connectivity index (χ0n) is 8.75. The van der Waals surface area contributed by atoms with E-state index in [4.69, 9.17) is 0 Å². The lowest BCUT2D eigenvalue weighted by molar-refractivity contribution is -0.137. The first-order valence-electron chi connectivity index (χ1n) is 4.96. The molecule has 2 nitrogen and oxygen atoms in total. The van der Waals surface area contributed by atoms with Crippen LogP contribution in [0.5, 0.6) is 0 Å². The van der Waals surface area contributed by atoms with E-state index in [1.165, 1.54) is 12.1 Å². The van der Waals surface area contributed by atoms with Crippen LogP contribution in [0.15, 0.2) is 29.4 Å². The van der Waals surface area contributed by atoms with Gasteiger partial charge in [-0.3, -0.25) is 5.01 Å². The Morgan fingerprint density at radius 2 is 1.81 bits per heavy atom. The van der Waals surface area contributed by atoms with E-state index in [0.717, 1.165) is 30.8 Å². The van der Waals surface area contributed by atoms with Crippen LogP contribution in [0.3, 0.4) is 0 Å². The zero-order chi connectivity index (χ0) is 11.8. The van der Waals surface area contributed by atoms with Crippen molar-refractivity contribution in [2.24, 2.45) is 5.10 Å². The van der Waals surface area contributed by atoms with Crippen LogP contribution < -0.4 is 5.01 Å². The average Bonchev–Trinajstić information content (AvgIpc) is 2.64. The Hall–Kier alpha value is -1.52. The largest absolute Gasteiger partial charge is 0.416 e. The molecule has 0 radical (unpaired) electrons. The number of hydrogen-bond acceptors (Lipinski definition) is 2. The fraction of sp³-hybridized carbons (Fsp3) is 0.364. The van der Waals surface area contributed by atoms with Crippen LogP contribution >= 0.6 is 0 Å². The highest BCUT2D eigenvalue weighted by atomic mass is 19.4. The molecule has 0 bridgehead atoms. The van der Waals surface area contributed by atoms with Gasteiger partial charge >= 0.3 is 6.18 Å². The number of benzene rings is 1. The molecule has 1 heterocycles. The first-order valence-corrected chi connectivity index (χ1v) is 4.96. The fourth-order valence-corrected chi connectivity index (χ4v) is 1.58. The minimum Gasteiger partial charge on any atom is -0.265 e. The summed E-state index contributed by atoms with van der Waals surface area (Å²) < 4.78 is 37.0. The zero-order valence-corrected chi connectivity index (χ0v) is 8.75. The molecule has 1 aliphatic heterocycles. The van der Waals surface area contributed by atoms with Crippen molar-refractivity contribution < 1.29 is 13.2 Å². The minimum absolute atomic E-state index is 0.629. The van der Waals surface area contributed by atoms with E-state index in [-0.39, 0.29) is 0 Å². The van der Waals surface area contributed by atoms with Crippen LogP contribution in [0.1, 0.15) is 18.9 Å². The molecule has 1 aromatic rings. The van der Waals surface area contributed by atoms with E-state index >= 15 is 0 Å². The minimum atomic E-state index is -4.28. The summed E-state index contributed by atoms with van der Waals surface area (Å²) in [5.74, 6) is 0. The summed E-state index contributed by atoms with van der Waals surface area (Å²) in [6.45, 7) is 2.64. The number of hydrazone groups is 1. The molecular formula is C11H11F3N2. The number of halogens is 3. The smallest absolute Gasteiger partial charge is 0.265 e. The number of hydrogen-bond donors (Lipinski definition) is 0. The van der Waals surface area contributed by atoms with E-state index < -0.39 is 11.7 Å². The summed E-state index contributed by atoms with van der Waals surface area (Å²) in [6, 6.07) is 5.06. The first-order chi connectivity index (χ1) is 7.47. The monoisotopic (exact) mass is 228 g/mol. The third-order valence-corrected chi connectivity index (χ3v) is 2.47. The standard InChI is InChI=1S/C11H11F3N2/c1-8-6-7-16(15-8)10-4-2-9(3-5-10)11(12,13)14/h2-5H,6-7H2,1H3. The Bertz CT molecular complexity index is 406. The number of anilines is 1. The molecule has 0 aliphatic carbocycles. The average molecular weight is 228 g/mol. The van der Waals surface area contributed by atoms with E-state index in [2.05, 4.69) is 5.10 Å². The van der Waals surface area contributed by atoms with Crippen molar-refractivity contribution in [3.8, 4) is 0 Å². The number of rotatable bonds is 1. The van der Waals surface area contributed by atoms with Crippen LogP contribution in [0.25, 0.3) is 0 Å². The molecule has 0 amide bonds. The molecule has 5 heteroatoms. The lowest BCUT2D eigenvalue weighted by atomic mass is 10.2. The SMILES string of the molecule is CC1=NN(c2ccc(C(F)(F)F)cc2)CC1. The molecule has 16 heavy (non-hydrogen) atoms. The van der Waals surface area contributed by atoms with E-state index in [9.17, 15) is 13.2 Å². The number of alkyl halides is 3. The molecular weight excluding hydrogens is 217 g/mol. The highest BCUT2D eigenvalue weighted by Crippen LogP contribution is 2.31. The second-order valence-corrected chi connectivity index (χ2v) is 3.75. The first kappa shape index (κ1) is 11.0. The Morgan fingerprint density at radius 1 is 1.19 bits per heavy atom. The Morgan fingerprint density at radius 3 is 2.25 bits per heavy atom. The lowest BCUT2D eigenvalue weighted by Gasteiger charge is -2.14. The van der Waals surface area contributed by atoms with Gasteiger partial charge in [-0.25, -0.2) is 0 Å². The van der Waals surface area contributed by atoms with Gasteiger partial charge in [0.15, 0.2) is 0 Å². The van der Waals surface area contributed by atoms with Crippen LogP contribution in [-0.2, 0) is 6.18 Å². The Kier molecular flexibility index (Phi) is 2.61. The van der Waals surface area contributed by atoms with E-state index in [0.29, 0.717) is 5.69 Å². The van der Waals surface area contributed by atoms with Crippen molar-refractivity contribution in [2.45, 2.75) is 19.5 Å². The molecule has 1 aliphatic rings. The van der Waals surface area contributed by atoms with Gasteiger partial charge < -0.3 is 0 Å². The molecule has 0 fully saturated rings. The Balaban J connectivity index is 2.20. The van der Waals surface area contributed by atoms with Crippen molar-refractivity contribution >= 4 is 11.4 Å². The summed E-state index contributed by atoms with van der Waals surface area (Å²) >= 11 is 0. The van der Waals surface area contributed by atoms with Crippen LogP contribution in [-0.4, -0.2) is 12.3 Å². The maximum atomic E-state index is 12.3. The maximum absolute atomic E-state index is 12.3. The van der Waals surface area contributed by atoms with Crippen LogP contribution in [0.4, 0.5) is 18.9 Å². The van der Waals surface area contributed by atoms with Gasteiger partial charge in [0.2, 0.25) is 0 Å². The number of nitrogens with zero attached hydrogens (tertiary/aromatic N) is 2.